The van der Waals surface area contributed by atoms with Crippen LogP contribution < -0.4 is 0 Å². The van der Waals surface area contributed by atoms with Gasteiger partial charge in [-0.3, -0.25) is 0 Å². The van der Waals surface area contributed by atoms with Gasteiger partial charge < -0.3 is 0 Å². The van der Waals surface area contributed by atoms with Gasteiger partial charge in [0.05, 0.1) is 0 Å². The Morgan fingerprint density at radius 2 is 1.68 bits per heavy atom. The van der Waals surface area contributed by atoms with Crippen molar-refractivity contribution in [1.82, 2.24) is 0 Å². The molecule has 0 spiro atoms. The molecule has 0 aliphatic heterocycles. The van der Waals surface area contributed by atoms with E-state index in [0.717, 1.165) is 35.5 Å². The zero-order valence-corrected chi connectivity index (χ0v) is 17.4. The van der Waals surface area contributed by atoms with Crippen molar-refractivity contribution < 1.29 is 0 Å². The molecule has 0 N–H and O–H groups in total. The summed E-state index contributed by atoms with van der Waals surface area (Å²) in [4.78, 5) is 0. The molecule has 5 unspecified atom stereocenters. The van der Waals surface area contributed by atoms with E-state index in [9.17, 15) is 0 Å². The van der Waals surface area contributed by atoms with Gasteiger partial charge in [0.15, 0.2) is 0 Å². The number of hydrogen-bond donors (Lipinski definition) is 0. The number of unbranched alkanes of at least 4 members (excludes halogenated alkanes) is 1. The first-order valence-electron chi connectivity index (χ1n) is 11.6. The molecular formula is C25H42. The molecule has 4 saturated carbocycles. The molecule has 4 aliphatic rings. The van der Waals surface area contributed by atoms with Gasteiger partial charge in [-0.2, -0.15) is 0 Å². The molecule has 0 aromatic rings. The van der Waals surface area contributed by atoms with Crippen molar-refractivity contribution in [3.05, 3.63) is 12.2 Å². The summed E-state index contributed by atoms with van der Waals surface area (Å²) >= 11 is 0. The summed E-state index contributed by atoms with van der Waals surface area (Å²) in [6.07, 6.45) is 16.2. The Morgan fingerprint density at radius 3 is 2.44 bits per heavy atom. The summed E-state index contributed by atoms with van der Waals surface area (Å²) in [5.74, 6) is 5.44. The van der Waals surface area contributed by atoms with E-state index in [1.807, 2.05) is 0 Å². The minimum absolute atomic E-state index is 0.617. The molecule has 0 heteroatoms. The van der Waals surface area contributed by atoms with Crippen molar-refractivity contribution in [2.45, 2.75) is 98.3 Å². The van der Waals surface area contributed by atoms with Gasteiger partial charge in [-0.1, -0.05) is 65.5 Å². The third-order valence-electron chi connectivity index (χ3n) is 10.2. The molecule has 0 saturated heterocycles. The second-order valence-corrected chi connectivity index (χ2v) is 10.9. The quantitative estimate of drug-likeness (QED) is 0.462. The summed E-state index contributed by atoms with van der Waals surface area (Å²) in [6, 6.07) is 0. The van der Waals surface area contributed by atoms with E-state index in [2.05, 4.69) is 27.7 Å². The summed E-state index contributed by atoms with van der Waals surface area (Å²) in [5.41, 5.74) is 2.92. The maximum Gasteiger partial charge on any atom is -0.0136 e. The predicted octanol–water partition coefficient (Wildman–Crippen LogP) is 7.64. The van der Waals surface area contributed by atoms with Gasteiger partial charge in [-0.05, 0) is 91.3 Å². The van der Waals surface area contributed by atoms with Crippen molar-refractivity contribution in [3.63, 3.8) is 0 Å². The fourth-order valence-electron chi connectivity index (χ4n) is 8.66. The minimum atomic E-state index is 0.617. The minimum Gasteiger partial charge on any atom is -0.0993 e. The smallest absolute Gasteiger partial charge is 0.0136 e. The summed E-state index contributed by atoms with van der Waals surface area (Å²) < 4.78 is 0. The van der Waals surface area contributed by atoms with Gasteiger partial charge in [0.2, 0.25) is 0 Å². The van der Waals surface area contributed by atoms with Crippen LogP contribution in [-0.2, 0) is 0 Å². The first-order chi connectivity index (χ1) is 11.9. The zero-order chi connectivity index (χ0) is 17.8. The van der Waals surface area contributed by atoms with Gasteiger partial charge in [-0.25, -0.2) is 0 Å². The molecule has 4 rings (SSSR count). The van der Waals surface area contributed by atoms with E-state index in [4.69, 9.17) is 6.58 Å². The Morgan fingerprint density at radius 1 is 0.920 bits per heavy atom. The van der Waals surface area contributed by atoms with Crippen LogP contribution in [0.25, 0.3) is 0 Å². The van der Waals surface area contributed by atoms with Gasteiger partial charge in [0, 0.05) is 0 Å². The highest BCUT2D eigenvalue weighted by Crippen LogP contribution is 2.69. The second-order valence-electron chi connectivity index (χ2n) is 10.9. The molecule has 25 heavy (non-hydrogen) atoms. The van der Waals surface area contributed by atoms with E-state index in [1.54, 1.807) is 5.57 Å². The molecule has 142 valence electrons. The van der Waals surface area contributed by atoms with Crippen LogP contribution in [0.2, 0.25) is 0 Å². The third kappa shape index (κ3) is 2.52. The lowest BCUT2D eigenvalue weighted by molar-refractivity contribution is -0.102. The van der Waals surface area contributed by atoms with E-state index < -0.39 is 0 Å². The van der Waals surface area contributed by atoms with E-state index >= 15 is 0 Å². The number of fused-ring (bicyclic) bond motifs is 5. The molecule has 0 amide bonds. The molecule has 0 nitrogen and oxygen atoms in total. The molecule has 0 bridgehead atoms. The molecule has 0 radical (unpaired) electrons. The first-order valence-corrected chi connectivity index (χ1v) is 11.6. The summed E-state index contributed by atoms with van der Waals surface area (Å²) in [7, 11) is 0. The van der Waals surface area contributed by atoms with Gasteiger partial charge in [-0.15, -0.1) is 0 Å². The third-order valence-corrected chi connectivity index (χ3v) is 10.2. The SMILES string of the molecule is C=C1C2C3CC[C@H](CCCC)C3(C)CC[C@@H]2C2(C)CCCCC2[C@H]1C. The molecule has 4 aliphatic carbocycles. The summed E-state index contributed by atoms with van der Waals surface area (Å²) in [6.45, 7) is 15.1. The van der Waals surface area contributed by atoms with E-state index in [-0.39, 0.29) is 0 Å². The first kappa shape index (κ1) is 18.1. The summed E-state index contributed by atoms with van der Waals surface area (Å²) in [5, 5.41) is 0. The zero-order valence-electron chi connectivity index (χ0n) is 17.4. The van der Waals surface area contributed by atoms with Crippen LogP contribution in [0.15, 0.2) is 12.2 Å². The van der Waals surface area contributed by atoms with E-state index in [0.29, 0.717) is 10.8 Å². The standard InChI is InChI=1S/C25H42/c1-6-7-10-19-12-13-21-23-18(3)17(2)20-11-8-9-15-25(20,5)22(23)14-16-24(19,21)4/h17,19-23H,3,6-16H2,1-2,4-5H3/t17-,19-,20?,21?,22-,23?,24?,25?/m0/s1. The number of rotatable bonds is 3. The lowest BCUT2D eigenvalue weighted by Gasteiger charge is -2.63. The molecule has 0 aromatic carbocycles. The van der Waals surface area contributed by atoms with Crippen LogP contribution in [0.4, 0.5) is 0 Å². The van der Waals surface area contributed by atoms with Crippen LogP contribution in [0.5, 0.6) is 0 Å². The monoisotopic (exact) mass is 342 g/mol. The average Bonchev–Trinajstić information content (AvgIpc) is 2.93. The number of hydrogen-bond acceptors (Lipinski definition) is 0. The van der Waals surface area contributed by atoms with Crippen LogP contribution in [0.3, 0.4) is 0 Å². The van der Waals surface area contributed by atoms with Crippen LogP contribution >= 0.6 is 0 Å². The Kier molecular flexibility index (Phi) is 4.65. The van der Waals surface area contributed by atoms with Gasteiger partial charge in [0.25, 0.3) is 0 Å². The second kappa shape index (κ2) is 6.42. The van der Waals surface area contributed by atoms with Crippen LogP contribution in [0.1, 0.15) is 98.3 Å². The average molecular weight is 343 g/mol. The Labute approximate surface area is 157 Å². The molecule has 4 fully saturated rings. The maximum atomic E-state index is 4.78. The highest BCUT2D eigenvalue weighted by atomic mass is 14.7. The van der Waals surface area contributed by atoms with Crippen molar-refractivity contribution in [3.8, 4) is 0 Å². The van der Waals surface area contributed by atoms with Crippen molar-refractivity contribution in [2.75, 3.05) is 0 Å². The van der Waals surface area contributed by atoms with Crippen LogP contribution in [-0.4, -0.2) is 0 Å². The Balaban J connectivity index is 1.65. The van der Waals surface area contributed by atoms with Crippen LogP contribution in [0, 0.1) is 46.3 Å². The van der Waals surface area contributed by atoms with Gasteiger partial charge in [0.1, 0.15) is 0 Å². The highest BCUT2D eigenvalue weighted by Gasteiger charge is 2.61. The van der Waals surface area contributed by atoms with Crippen molar-refractivity contribution in [2.24, 2.45) is 46.3 Å². The molecule has 0 heterocycles. The van der Waals surface area contributed by atoms with E-state index in [1.165, 1.54) is 70.6 Å². The van der Waals surface area contributed by atoms with Gasteiger partial charge >= 0.3 is 0 Å². The fraction of sp³-hybridized carbons (Fsp3) is 0.920. The molecule has 8 atom stereocenters. The highest BCUT2D eigenvalue weighted by molar-refractivity contribution is 5.23. The predicted molar refractivity (Wildman–Crippen MR) is 108 cm³/mol. The maximum absolute atomic E-state index is 4.78. The lowest BCUT2D eigenvalue weighted by Crippen LogP contribution is -2.55. The number of allylic oxidation sites excluding steroid dienone is 1. The van der Waals surface area contributed by atoms with Crippen molar-refractivity contribution >= 4 is 0 Å². The topological polar surface area (TPSA) is 0 Å². The normalized spacial score (nSPS) is 52.4. The fourth-order valence-corrected chi connectivity index (χ4v) is 8.66. The molecular weight excluding hydrogens is 300 g/mol. The lowest BCUT2D eigenvalue weighted by atomic mass is 9.42. The Hall–Kier alpha value is -0.260. The van der Waals surface area contributed by atoms with Crippen molar-refractivity contribution in [1.29, 1.82) is 0 Å². The Bertz CT molecular complexity index is 518. The molecule has 0 aromatic heterocycles. The largest absolute Gasteiger partial charge is 0.0993 e.